The number of carbonyl (C=O) groups excluding carboxylic acids is 1. The van der Waals surface area contributed by atoms with Gasteiger partial charge in [0.05, 0.1) is 17.6 Å². The van der Waals surface area contributed by atoms with Crippen LogP contribution in [0.3, 0.4) is 0 Å². The maximum Gasteiger partial charge on any atom is 0.267 e. The van der Waals surface area contributed by atoms with Gasteiger partial charge in [-0.1, -0.05) is 19.9 Å². The summed E-state index contributed by atoms with van der Waals surface area (Å²) in [6, 6.07) is 5.25. The largest absolute Gasteiger partial charge is 0.383 e. The van der Waals surface area contributed by atoms with Gasteiger partial charge in [-0.2, -0.15) is 0 Å². The summed E-state index contributed by atoms with van der Waals surface area (Å²) in [6.07, 6.45) is 2.76. The van der Waals surface area contributed by atoms with E-state index in [0.717, 1.165) is 12.0 Å². The van der Waals surface area contributed by atoms with E-state index in [2.05, 4.69) is 13.8 Å². The van der Waals surface area contributed by atoms with Gasteiger partial charge in [0.25, 0.3) is 11.5 Å². The predicted molar refractivity (Wildman–Crippen MR) is 118 cm³/mol. The van der Waals surface area contributed by atoms with Gasteiger partial charge < -0.3 is 14.2 Å². The SMILES string of the molecule is COCCn1c(=N)c(C(=O)N2CC(C)CC(C)C2)cc2c(=O)n3cccc(C)c3nc21. The maximum atomic E-state index is 13.4. The second-order valence-corrected chi connectivity index (χ2v) is 8.75. The molecule has 4 rings (SSSR count). The molecule has 0 spiro atoms. The van der Waals surface area contributed by atoms with Crippen molar-refractivity contribution in [3.05, 3.63) is 51.4 Å². The average Bonchev–Trinajstić information content (AvgIpc) is 2.73. The number of aryl methyl sites for hydroxylation is 1. The summed E-state index contributed by atoms with van der Waals surface area (Å²) in [6.45, 7) is 8.16. The molecule has 1 aliphatic rings. The van der Waals surface area contributed by atoms with Crippen molar-refractivity contribution in [1.82, 2.24) is 18.9 Å². The first-order valence-electron chi connectivity index (χ1n) is 10.7. The zero-order valence-electron chi connectivity index (χ0n) is 18.5. The highest BCUT2D eigenvalue weighted by Gasteiger charge is 2.28. The average molecular weight is 424 g/mol. The third-order valence-corrected chi connectivity index (χ3v) is 6.04. The van der Waals surface area contributed by atoms with Crippen LogP contribution in [0.2, 0.25) is 0 Å². The molecule has 0 bridgehead atoms. The quantitative estimate of drug-likeness (QED) is 0.651. The number of amides is 1. The third-order valence-electron chi connectivity index (χ3n) is 6.04. The van der Waals surface area contributed by atoms with Crippen molar-refractivity contribution in [2.45, 2.75) is 33.7 Å². The molecule has 8 nitrogen and oxygen atoms in total. The van der Waals surface area contributed by atoms with E-state index in [1.807, 2.05) is 17.9 Å². The molecule has 1 amide bonds. The lowest BCUT2D eigenvalue weighted by Crippen LogP contribution is -2.45. The molecular formula is C23H29N5O3. The Morgan fingerprint density at radius 3 is 2.65 bits per heavy atom. The lowest BCUT2D eigenvalue weighted by atomic mass is 9.91. The molecule has 2 unspecified atom stereocenters. The van der Waals surface area contributed by atoms with Gasteiger partial charge in [0, 0.05) is 32.9 Å². The van der Waals surface area contributed by atoms with Gasteiger partial charge in [-0.05, 0) is 42.9 Å². The Morgan fingerprint density at radius 2 is 1.97 bits per heavy atom. The molecule has 0 radical (unpaired) electrons. The standard InChI is InChI=1S/C23H29N5O3/c1-14-10-15(2)13-26(12-14)22(29)17-11-18-21(27(19(17)24)8-9-31-4)25-20-16(3)6-5-7-28(20)23(18)30/h5-7,11,14-15,24H,8-10,12-13H2,1-4H3. The second kappa shape index (κ2) is 8.26. The molecule has 0 aromatic carbocycles. The first-order valence-corrected chi connectivity index (χ1v) is 10.7. The molecule has 1 aliphatic heterocycles. The smallest absolute Gasteiger partial charge is 0.267 e. The fraction of sp³-hybridized carbons (Fsp3) is 0.478. The van der Waals surface area contributed by atoms with Gasteiger partial charge in [-0.3, -0.25) is 19.4 Å². The molecule has 4 heterocycles. The van der Waals surface area contributed by atoms with E-state index in [-0.39, 0.29) is 22.5 Å². The van der Waals surface area contributed by atoms with Gasteiger partial charge in [-0.25, -0.2) is 4.98 Å². The minimum atomic E-state index is -0.246. The number of piperidine rings is 1. The number of nitrogens with one attached hydrogen (secondary N) is 1. The predicted octanol–water partition coefficient (Wildman–Crippen LogP) is 2.20. The molecule has 2 atom stereocenters. The van der Waals surface area contributed by atoms with E-state index < -0.39 is 0 Å². The van der Waals surface area contributed by atoms with Crippen molar-refractivity contribution >= 4 is 22.6 Å². The van der Waals surface area contributed by atoms with Crippen molar-refractivity contribution in [1.29, 1.82) is 5.41 Å². The zero-order valence-corrected chi connectivity index (χ0v) is 18.5. The fourth-order valence-corrected chi connectivity index (χ4v) is 4.66. The molecule has 3 aromatic heterocycles. The van der Waals surface area contributed by atoms with Crippen LogP contribution in [0.15, 0.2) is 29.2 Å². The number of hydrogen-bond acceptors (Lipinski definition) is 5. The van der Waals surface area contributed by atoms with E-state index in [9.17, 15) is 9.59 Å². The molecule has 3 aromatic rings. The van der Waals surface area contributed by atoms with E-state index in [0.29, 0.717) is 54.8 Å². The number of methoxy groups -OCH3 is 1. The van der Waals surface area contributed by atoms with Crippen molar-refractivity contribution in [3.8, 4) is 0 Å². The van der Waals surface area contributed by atoms with Gasteiger partial charge in [0.2, 0.25) is 0 Å². The minimum absolute atomic E-state index is 0.0604. The maximum absolute atomic E-state index is 13.4. The second-order valence-electron chi connectivity index (χ2n) is 8.75. The lowest BCUT2D eigenvalue weighted by molar-refractivity contribution is 0.0620. The minimum Gasteiger partial charge on any atom is -0.383 e. The Balaban J connectivity index is 1.96. The molecule has 0 aliphatic carbocycles. The summed E-state index contributed by atoms with van der Waals surface area (Å²) in [4.78, 5) is 33.3. The first-order chi connectivity index (χ1) is 14.8. The Bertz CT molecular complexity index is 1270. The number of ether oxygens (including phenoxy) is 1. The van der Waals surface area contributed by atoms with Crippen LogP contribution in [0, 0.1) is 24.2 Å². The summed E-state index contributed by atoms with van der Waals surface area (Å²) >= 11 is 0. The third kappa shape index (κ3) is 3.76. The fourth-order valence-electron chi connectivity index (χ4n) is 4.66. The van der Waals surface area contributed by atoms with E-state index in [1.165, 1.54) is 4.40 Å². The van der Waals surface area contributed by atoms with E-state index >= 15 is 0 Å². The number of carbonyl (C=O) groups is 1. The van der Waals surface area contributed by atoms with Crippen LogP contribution in [-0.2, 0) is 11.3 Å². The van der Waals surface area contributed by atoms with Crippen molar-refractivity contribution in [2.24, 2.45) is 11.8 Å². The number of rotatable bonds is 4. The number of nitrogens with zero attached hydrogens (tertiary/aromatic N) is 4. The summed E-state index contributed by atoms with van der Waals surface area (Å²) in [5.41, 5.74) is 1.86. The van der Waals surface area contributed by atoms with Crippen molar-refractivity contribution in [2.75, 3.05) is 26.8 Å². The molecular weight excluding hydrogens is 394 g/mol. The van der Waals surface area contributed by atoms with E-state index in [1.54, 1.807) is 30.0 Å². The Labute approximate surface area is 180 Å². The highest BCUT2D eigenvalue weighted by molar-refractivity contribution is 5.97. The van der Waals surface area contributed by atoms with Crippen LogP contribution in [0.4, 0.5) is 0 Å². The van der Waals surface area contributed by atoms with Crippen LogP contribution in [-0.4, -0.2) is 51.6 Å². The molecule has 0 saturated carbocycles. The van der Waals surface area contributed by atoms with Gasteiger partial charge >= 0.3 is 0 Å². The molecule has 164 valence electrons. The van der Waals surface area contributed by atoms with Gasteiger partial charge in [-0.15, -0.1) is 0 Å². The van der Waals surface area contributed by atoms with Crippen LogP contribution < -0.4 is 11.0 Å². The van der Waals surface area contributed by atoms with Crippen molar-refractivity contribution < 1.29 is 9.53 Å². The Hall–Kier alpha value is -3.00. The molecule has 1 saturated heterocycles. The van der Waals surface area contributed by atoms with Crippen LogP contribution in [0.1, 0.15) is 36.2 Å². The number of likely N-dealkylation sites (tertiary alicyclic amines) is 1. The van der Waals surface area contributed by atoms with Crippen molar-refractivity contribution in [3.63, 3.8) is 0 Å². The van der Waals surface area contributed by atoms with Gasteiger partial charge in [0.1, 0.15) is 16.8 Å². The summed E-state index contributed by atoms with van der Waals surface area (Å²) < 4.78 is 8.35. The first kappa shape index (κ1) is 21.2. The van der Waals surface area contributed by atoms with Crippen LogP contribution in [0.25, 0.3) is 16.7 Å². The summed E-state index contributed by atoms with van der Waals surface area (Å²) in [7, 11) is 1.58. The Morgan fingerprint density at radius 1 is 1.26 bits per heavy atom. The lowest BCUT2D eigenvalue weighted by Gasteiger charge is -2.35. The van der Waals surface area contributed by atoms with Crippen LogP contribution >= 0.6 is 0 Å². The molecule has 8 heteroatoms. The van der Waals surface area contributed by atoms with E-state index in [4.69, 9.17) is 15.1 Å². The normalized spacial score (nSPS) is 19.3. The summed E-state index contributed by atoms with van der Waals surface area (Å²) in [5.74, 6) is 0.606. The van der Waals surface area contributed by atoms with Crippen LogP contribution in [0.5, 0.6) is 0 Å². The monoisotopic (exact) mass is 423 g/mol. The highest BCUT2D eigenvalue weighted by Crippen LogP contribution is 2.22. The Kier molecular flexibility index (Phi) is 5.66. The number of aromatic nitrogens is 3. The number of pyridine rings is 2. The topological polar surface area (TPSA) is 92.7 Å². The molecule has 1 N–H and O–H groups in total. The van der Waals surface area contributed by atoms with Gasteiger partial charge in [0.15, 0.2) is 0 Å². The zero-order chi connectivity index (χ0) is 22.3. The number of hydrogen-bond donors (Lipinski definition) is 1. The molecule has 1 fully saturated rings. The molecule has 31 heavy (non-hydrogen) atoms. The highest BCUT2D eigenvalue weighted by atomic mass is 16.5. The number of fused-ring (bicyclic) bond motifs is 2. The summed E-state index contributed by atoms with van der Waals surface area (Å²) in [5, 5.41) is 9.13.